The molecule has 0 amide bonds. The predicted octanol–water partition coefficient (Wildman–Crippen LogP) is 0.897. The number of nitrogens with one attached hydrogen (secondary N) is 1. The maximum atomic E-state index is 11.2. The van der Waals surface area contributed by atoms with Crippen LogP contribution in [0.3, 0.4) is 0 Å². The minimum absolute atomic E-state index is 0.532. The van der Waals surface area contributed by atoms with E-state index in [0.29, 0.717) is 6.04 Å². The van der Waals surface area contributed by atoms with Crippen molar-refractivity contribution in [3.05, 3.63) is 0 Å². The van der Waals surface area contributed by atoms with Crippen LogP contribution in [-0.2, 0) is 10.8 Å². The Bertz CT molecular complexity index is 132. The Labute approximate surface area is 71.2 Å². The molecule has 0 bridgehead atoms. The molecule has 1 aliphatic heterocycles. The van der Waals surface area contributed by atoms with Crippen LogP contribution in [0.5, 0.6) is 0 Å². The molecule has 1 saturated heterocycles. The summed E-state index contributed by atoms with van der Waals surface area (Å²) in [7, 11) is -0.587. The molecule has 2 unspecified atom stereocenters. The summed E-state index contributed by atoms with van der Waals surface area (Å²) >= 11 is 0. The van der Waals surface area contributed by atoms with Gasteiger partial charge in [-0.3, -0.25) is 4.21 Å². The highest BCUT2D eigenvalue weighted by atomic mass is 32.2. The van der Waals surface area contributed by atoms with E-state index in [2.05, 4.69) is 5.32 Å². The molecule has 0 aromatic carbocycles. The normalized spacial score (nSPS) is 28.3. The van der Waals surface area contributed by atoms with E-state index in [0.717, 1.165) is 18.1 Å². The van der Waals surface area contributed by atoms with E-state index in [4.69, 9.17) is 0 Å². The van der Waals surface area contributed by atoms with Gasteiger partial charge in [-0.1, -0.05) is 13.3 Å². The fourth-order valence-electron chi connectivity index (χ4n) is 1.41. The number of rotatable bonds is 3. The van der Waals surface area contributed by atoms with Gasteiger partial charge < -0.3 is 5.32 Å². The molecule has 0 aromatic rings. The molecular weight excluding hydrogens is 158 g/mol. The summed E-state index contributed by atoms with van der Waals surface area (Å²) in [6.45, 7) is 3.10. The topological polar surface area (TPSA) is 29.1 Å². The van der Waals surface area contributed by atoms with Crippen molar-refractivity contribution in [2.45, 2.75) is 32.2 Å². The van der Waals surface area contributed by atoms with Gasteiger partial charge in [0.05, 0.1) is 0 Å². The highest BCUT2D eigenvalue weighted by Gasteiger charge is 2.13. The molecule has 66 valence electrons. The second kappa shape index (κ2) is 4.88. The third kappa shape index (κ3) is 3.34. The molecule has 1 fully saturated rings. The number of piperidine rings is 1. The van der Waals surface area contributed by atoms with Gasteiger partial charge in [0.15, 0.2) is 0 Å². The van der Waals surface area contributed by atoms with Gasteiger partial charge in [0.2, 0.25) is 0 Å². The van der Waals surface area contributed by atoms with Gasteiger partial charge in [-0.05, 0) is 19.4 Å². The zero-order chi connectivity index (χ0) is 8.10. The van der Waals surface area contributed by atoms with E-state index in [1.807, 2.05) is 6.92 Å². The molecule has 0 aliphatic carbocycles. The van der Waals surface area contributed by atoms with Crippen LogP contribution in [0.25, 0.3) is 0 Å². The summed E-state index contributed by atoms with van der Waals surface area (Å²) in [5, 5.41) is 3.39. The van der Waals surface area contributed by atoms with E-state index in [-0.39, 0.29) is 0 Å². The number of hydrogen-bond donors (Lipinski definition) is 1. The summed E-state index contributed by atoms with van der Waals surface area (Å²) in [5.74, 6) is 1.66. The average molecular weight is 175 g/mol. The smallest absolute Gasteiger partial charge is 0.0388 e. The zero-order valence-corrected chi connectivity index (χ0v) is 7.95. The molecule has 0 aromatic heterocycles. The van der Waals surface area contributed by atoms with Crippen LogP contribution in [0.2, 0.25) is 0 Å². The molecule has 0 radical (unpaired) electrons. The van der Waals surface area contributed by atoms with Gasteiger partial charge >= 0.3 is 0 Å². The van der Waals surface area contributed by atoms with Crippen LogP contribution >= 0.6 is 0 Å². The molecule has 2 atom stereocenters. The van der Waals surface area contributed by atoms with E-state index in [1.54, 1.807) is 0 Å². The molecule has 3 heteroatoms. The highest BCUT2D eigenvalue weighted by Crippen LogP contribution is 2.07. The van der Waals surface area contributed by atoms with Gasteiger partial charge in [0.1, 0.15) is 0 Å². The van der Waals surface area contributed by atoms with Crippen molar-refractivity contribution in [3.8, 4) is 0 Å². The van der Waals surface area contributed by atoms with Gasteiger partial charge in [-0.15, -0.1) is 0 Å². The zero-order valence-electron chi connectivity index (χ0n) is 7.14. The SMILES string of the molecule is CCS(=O)CC1CCCCN1. The molecule has 1 N–H and O–H groups in total. The fraction of sp³-hybridized carbons (Fsp3) is 1.00. The van der Waals surface area contributed by atoms with Crippen LogP contribution < -0.4 is 5.32 Å². The van der Waals surface area contributed by atoms with E-state index >= 15 is 0 Å². The average Bonchev–Trinajstić information content (AvgIpc) is 2.06. The fourth-order valence-corrected chi connectivity index (χ4v) is 2.38. The second-order valence-corrected chi connectivity index (χ2v) is 4.83. The predicted molar refractivity (Wildman–Crippen MR) is 49.2 cm³/mol. The first-order valence-corrected chi connectivity index (χ1v) is 5.90. The first-order valence-electron chi connectivity index (χ1n) is 4.41. The van der Waals surface area contributed by atoms with E-state index in [9.17, 15) is 4.21 Å². The first-order chi connectivity index (χ1) is 5.33. The summed E-state index contributed by atoms with van der Waals surface area (Å²) < 4.78 is 11.2. The van der Waals surface area contributed by atoms with Crippen LogP contribution in [0.15, 0.2) is 0 Å². The van der Waals surface area contributed by atoms with E-state index in [1.165, 1.54) is 19.3 Å². The Morgan fingerprint density at radius 2 is 2.36 bits per heavy atom. The van der Waals surface area contributed by atoms with Crippen molar-refractivity contribution in [1.82, 2.24) is 5.32 Å². The van der Waals surface area contributed by atoms with E-state index < -0.39 is 10.8 Å². The highest BCUT2D eigenvalue weighted by molar-refractivity contribution is 7.84. The maximum Gasteiger partial charge on any atom is 0.0388 e. The number of hydrogen-bond acceptors (Lipinski definition) is 2. The molecule has 0 spiro atoms. The third-order valence-corrected chi connectivity index (χ3v) is 3.54. The quantitative estimate of drug-likeness (QED) is 0.690. The minimum Gasteiger partial charge on any atom is -0.313 e. The summed E-state index contributed by atoms with van der Waals surface area (Å²) in [5.41, 5.74) is 0. The molecule has 0 saturated carbocycles. The lowest BCUT2D eigenvalue weighted by Crippen LogP contribution is -2.38. The second-order valence-electron chi connectivity index (χ2n) is 3.04. The monoisotopic (exact) mass is 175 g/mol. The van der Waals surface area contributed by atoms with Crippen LogP contribution in [0.4, 0.5) is 0 Å². The lowest BCUT2D eigenvalue weighted by molar-refractivity contribution is 0.427. The molecule has 2 nitrogen and oxygen atoms in total. The van der Waals surface area contributed by atoms with Crippen molar-refractivity contribution in [2.24, 2.45) is 0 Å². The molecular formula is C8H17NOS. The Morgan fingerprint density at radius 3 is 2.91 bits per heavy atom. The molecule has 1 heterocycles. The first kappa shape index (κ1) is 9.20. The van der Waals surface area contributed by atoms with Gasteiger partial charge in [0.25, 0.3) is 0 Å². The maximum absolute atomic E-state index is 11.2. The van der Waals surface area contributed by atoms with Crippen LogP contribution in [0.1, 0.15) is 26.2 Å². The lowest BCUT2D eigenvalue weighted by Gasteiger charge is -2.22. The van der Waals surface area contributed by atoms with Gasteiger partial charge in [0, 0.05) is 28.3 Å². The largest absolute Gasteiger partial charge is 0.313 e. The van der Waals surface area contributed by atoms with Crippen molar-refractivity contribution in [3.63, 3.8) is 0 Å². The minimum atomic E-state index is -0.587. The van der Waals surface area contributed by atoms with Crippen molar-refractivity contribution in [1.29, 1.82) is 0 Å². The molecule has 11 heavy (non-hydrogen) atoms. The molecule has 1 rings (SSSR count). The third-order valence-electron chi connectivity index (χ3n) is 2.12. The Balaban J connectivity index is 2.19. The summed E-state index contributed by atoms with van der Waals surface area (Å²) in [6, 6.07) is 0.532. The van der Waals surface area contributed by atoms with Crippen molar-refractivity contribution in [2.75, 3.05) is 18.1 Å². The Morgan fingerprint density at radius 1 is 1.55 bits per heavy atom. The lowest BCUT2D eigenvalue weighted by atomic mass is 10.1. The molecule has 1 aliphatic rings. The Kier molecular flexibility index (Phi) is 4.08. The van der Waals surface area contributed by atoms with Crippen LogP contribution in [-0.4, -0.2) is 28.3 Å². The summed E-state index contributed by atoms with van der Waals surface area (Å²) in [6.07, 6.45) is 3.81. The standard InChI is InChI=1S/C8H17NOS/c1-2-11(10)7-8-5-3-4-6-9-8/h8-9H,2-7H2,1H3. The summed E-state index contributed by atoms with van der Waals surface area (Å²) in [4.78, 5) is 0. The van der Waals surface area contributed by atoms with Crippen LogP contribution in [0, 0.1) is 0 Å². The van der Waals surface area contributed by atoms with Gasteiger partial charge in [-0.2, -0.15) is 0 Å². The van der Waals surface area contributed by atoms with Gasteiger partial charge in [-0.25, -0.2) is 0 Å². The van der Waals surface area contributed by atoms with Crippen molar-refractivity contribution >= 4 is 10.8 Å². The van der Waals surface area contributed by atoms with Crippen molar-refractivity contribution < 1.29 is 4.21 Å². The Hall–Kier alpha value is 0.110.